The summed E-state index contributed by atoms with van der Waals surface area (Å²) in [5.74, 6) is -0.694. The molecule has 0 spiro atoms. The molecule has 0 bridgehead atoms. The monoisotopic (exact) mass is 435 g/mol. The molecular weight excluding hydrogens is 402 g/mol. The lowest BCUT2D eigenvalue weighted by Crippen LogP contribution is -2.55. The molecule has 7 heteroatoms. The Labute approximate surface area is 190 Å². The first kappa shape index (κ1) is 22.4. The van der Waals surface area contributed by atoms with Crippen LogP contribution in [0.4, 0.5) is 0 Å². The summed E-state index contributed by atoms with van der Waals surface area (Å²) >= 11 is 0. The van der Waals surface area contributed by atoms with E-state index in [1.54, 1.807) is 6.20 Å². The van der Waals surface area contributed by atoms with Gasteiger partial charge in [-0.3, -0.25) is 24.4 Å². The predicted molar refractivity (Wildman–Crippen MR) is 123 cm³/mol. The van der Waals surface area contributed by atoms with Gasteiger partial charge in [-0.2, -0.15) is 0 Å². The van der Waals surface area contributed by atoms with Gasteiger partial charge < -0.3 is 11.1 Å². The van der Waals surface area contributed by atoms with Gasteiger partial charge in [-0.15, -0.1) is 0 Å². The smallest absolute Gasteiger partial charge is 0.244 e. The van der Waals surface area contributed by atoms with Gasteiger partial charge in [0.15, 0.2) is 0 Å². The highest BCUT2D eigenvalue weighted by molar-refractivity contribution is 5.88. The van der Waals surface area contributed by atoms with E-state index >= 15 is 0 Å². The van der Waals surface area contributed by atoms with E-state index in [-0.39, 0.29) is 17.9 Å². The molecule has 2 amide bonds. The summed E-state index contributed by atoms with van der Waals surface area (Å²) in [4.78, 5) is 34.5. The lowest BCUT2D eigenvalue weighted by molar-refractivity contribution is -0.133. The minimum atomic E-state index is -0.789. The number of primary amides is 1. The van der Waals surface area contributed by atoms with Crippen LogP contribution in [0.1, 0.15) is 42.9 Å². The summed E-state index contributed by atoms with van der Waals surface area (Å²) in [6.07, 6.45) is 7.79. The van der Waals surface area contributed by atoms with Crippen molar-refractivity contribution in [1.29, 1.82) is 0 Å². The third-order valence-electron chi connectivity index (χ3n) is 6.78. The molecule has 1 aromatic carbocycles. The van der Waals surface area contributed by atoms with Crippen molar-refractivity contribution in [2.24, 2.45) is 11.7 Å². The average molecular weight is 436 g/mol. The largest absolute Gasteiger partial charge is 0.368 e. The lowest BCUT2D eigenvalue weighted by atomic mass is 9.82. The van der Waals surface area contributed by atoms with E-state index in [0.29, 0.717) is 0 Å². The Kier molecular flexibility index (Phi) is 7.50. The normalized spacial score (nSPS) is 23.4. The Balaban J connectivity index is 1.37. The van der Waals surface area contributed by atoms with Crippen LogP contribution in [0, 0.1) is 5.92 Å². The Morgan fingerprint density at radius 1 is 1.03 bits per heavy atom. The molecule has 3 atom stereocenters. The maximum absolute atomic E-state index is 13.3. The summed E-state index contributed by atoms with van der Waals surface area (Å²) in [6.45, 7) is 4.77. The third kappa shape index (κ3) is 5.53. The van der Waals surface area contributed by atoms with Gasteiger partial charge in [-0.25, -0.2) is 0 Å². The highest BCUT2D eigenvalue weighted by Crippen LogP contribution is 2.30. The first-order chi connectivity index (χ1) is 15.6. The second kappa shape index (κ2) is 10.7. The second-order valence-corrected chi connectivity index (χ2v) is 8.89. The second-order valence-electron chi connectivity index (χ2n) is 8.89. The van der Waals surface area contributed by atoms with Gasteiger partial charge in [0, 0.05) is 51.2 Å². The van der Waals surface area contributed by atoms with Crippen LogP contribution in [0.3, 0.4) is 0 Å². The zero-order chi connectivity index (χ0) is 22.3. The third-order valence-corrected chi connectivity index (χ3v) is 6.78. The van der Waals surface area contributed by atoms with Crippen LogP contribution in [-0.4, -0.2) is 58.8 Å². The summed E-state index contributed by atoms with van der Waals surface area (Å²) in [5, 5.41) is 2.96. The number of benzene rings is 1. The van der Waals surface area contributed by atoms with Crippen molar-refractivity contribution in [3.05, 3.63) is 66.0 Å². The molecule has 0 radical (unpaired) electrons. The van der Waals surface area contributed by atoms with Crippen molar-refractivity contribution in [2.75, 3.05) is 26.2 Å². The zero-order valence-electron chi connectivity index (χ0n) is 18.5. The Morgan fingerprint density at radius 3 is 2.47 bits per heavy atom. The van der Waals surface area contributed by atoms with Crippen molar-refractivity contribution in [2.45, 2.75) is 44.3 Å². The number of hydrogen-bond acceptors (Lipinski definition) is 5. The fourth-order valence-electron chi connectivity index (χ4n) is 5.07. The molecule has 32 heavy (non-hydrogen) atoms. The molecule has 2 aliphatic rings. The molecule has 1 saturated heterocycles. The number of piperazine rings is 1. The quantitative estimate of drug-likeness (QED) is 0.695. The van der Waals surface area contributed by atoms with Crippen LogP contribution in [0.2, 0.25) is 0 Å². The van der Waals surface area contributed by atoms with Crippen molar-refractivity contribution in [3.8, 4) is 0 Å². The molecule has 1 aliphatic heterocycles. The number of rotatable bonds is 7. The van der Waals surface area contributed by atoms with E-state index in [1.165, 1.54) is 5.56 Å². The number of amides is 2. The van der Waals surface area contributed by atoms with E-state index in [2.05, 4.69) is 26.2 Å². The topological polar surface area (TPSA) is 91.6 Å². The van der Waals surface area contributed by atoms with Crippen molar-refractivity contribution in [1.82, 2.24) is 20.1 Å². The SMILES string of the molecule is NC(=O)[C@@H](NC(=O)[C@@H]1CCCC[C@H]1N1CCN(Cc2cccnc2)CC1)c1ccccc1. The Hall–Kier alpha value is -2.77. The minimum Gasteiger partial charge on any atom is -0.368 e. The molecule has 2 aromatic rings. The van der Waals surface area contributed by atoms with Gasteiger partial charge >= 0.3 is 0 Å². The fraction of sp³-hybridized carbons (Fsp3) is 0.480. The van der Waals surface area contributed by atoms with E-state index in [4.69, 9.17) is 5.73 Å². The summed E-state index contributed by atoms with van der Waals surface area (Å²) in [5.41, 5.74) is 7.59. The van der Waals surface area contributed by atoms with Crippen LogP contribution < -0.4 is 11.1 Å². The van der Waals surface area contributed by atoms with Crippen molar-refractivity contribution < 1.29 is 9.59 Å². The van der Waals surface area contributed by atoms with Gasteiger partial charge in [-0.05, 0) is 30.0 Å². The Bertz CT molecular complexity index is 884. The van der Waals surface area contributed by atoms with Crippen LogP contribution in [0.25, 0.3) is 0 Å². The maximum atomic E-state index is 13.3. The molecule has 1 saturated carbocycles. The van der Waals surface area contributed by atoms with Crippen LogP contribution in [-0.2, 0) is 16.1 Å². The molecule has 0 unspecified atom stereocenters. The molecule has 4 rings (SSSR count). The molecule has 2 fully saturated rings. The molecular formula is C25H33N5O2. The Morgan fingerprint density at radius 2 is 1.78 bits per heavy atom. The number of carbonyl (C=O) groups excluding carboxylic acids is 2. The molecule has 3 N–H and O–H groups in total. The van der Waals surface area contributed by atoms with Crippen LogP contribution >= 0.6 is 0 Å². The van der Waals surface area contributed by atoms with E-state index < -0.39 is 11.9 Å². The number of nitrogens with one attached hydrogen (secondary N) is 1. The number of nitrogens with zero attached hydrogens (tertiary/aromatic N) is 3. The highest BCUT2D eigenvalue weighted by Gasteiger charge is 2.37. The van der Waals surface area contributed by atoms with Gasteiger partial charge in [-0.1, -0.05) is 49.2 Å². The predicted octanol–water partition coefficient (Wildman–Crippen LogP) is 2.10. The maximum Gasteiger partial charge on any atom is 0.244 e. The van der Waals surface area contributed by atoms with E-state index in [9.17, 15) is 9.59 Å². The van der Waals surface area contributed by atoms with Crippen LogP contribution in [0.15, 0.2) is 54.9 Å². The molecule has 170 valence electrons. The summed E-state index contributed by atoms with van der Waals surface area (Å²) < 4.78 is 0. The molecule has 2 heterocycles. The number of hydrogen-bond donors (Lipinski definition) is 2. The fourth-order valence-corrected chi connectivity index (χ4v) is 5.07. The standard InChI is InChI=1S/C25H33N5O2/c26-24(31)23(20-8-2-1-3-9-20)28-25(32)21-10-4-5-11-22(21)30-15-13-29(14-16-30)18-19-7-6-12-27-17-19/h1-3,6-9,12,17,21-23H,4-5,10-11,13-16,18H2,(H2,26,31)(H,28,32)/t21-,22-,23+/m1/s1. The van der Waals surface area contributed by atoms with Gasteiger partial charge in [0.05, 0.1) is 5.92 Å². The summed E-state index contributed by atoms with van der Waals surface area (Å²) in [6, 6.07) is 12.8. The van der Waals surface area contributed by atoms with Crippen molar-refractivity contribution in [3.63, 3.8) is 0 Å². The van der Waals surface area contributed by atoms with Gasteiger partial charge in [0.25, 0.3) is 0 Å². The molecule has 7 nitrogen and oxygen atoms in total. The van der Waals surface area contributed by atoms with E-state index in [1.807, 2.05) is 42.6 Å². The number of pyridine rings is 1. The first-order valence-electron chi connectivity index (χ1n) is 11.6. The first-order valence-corrected chi connectivity index (χ1v) is 11.6. The number of nitrogens with two attached hydrogens (primary N) is 1. The van der Waals surface area contributed by atoms with Gasteiger partial charge in [0.2, 0.25) is 11.8 Å². The highest BCUT2D eigenvalue weighted by atomic mass is 16.2. The van der Waals surface area contributed by atoms with Crippen LogP contribution in [0.5, 0.6) is 0 Å². The number of aromatic nitrogens is 1. The lowest BCUT2D eigenvalue weighted by Gasteiger charge is -2.44. The zero-order valence-corrected chi connectivity index (χ0v) is 18.5. The van der Waals surface area contributed by atoms with Crippen molar-refractivity contribution >= 4 is 11.8 Å². The molecule has 1 aromatic heterocycles. The average Bonchev–Trinajstić information content (AvgIpc) is 2.84. The minimum absolute atomic E-state index is 0.0554. The summed E-state index contributed by atoms with van der Waals surface area (Å²) in [7, 11) is 0. The molecule has 1 aliphatic carbocycles. The number of carbonyl (C=O) groups is 2. The van der Waals surface area contributed by atoms with Gasteiger partial charge in [0.1, 0.15) is 6.04 Å². The van der Waals surface area contributed by atoms with E-state index in [0.717, 1.165) is 64.0 Å².